The van der Waals surface area contributed by atoms with E-state index < -0.39 is 12.0 Å². The minimum absolute atomic E-state index is 0.0115. The topological polar surface area (TPSA) is 92.4 Å². The van der Waals surface area contributed by atoms with Crippen LogP contribution < -0.4 is 11.1 Å². The van der Waals surface area contributed by atoms with E-state index in [1.54, 1.807) is 23.9 Å². The Morgan fingerprint density at radius 1 is 1.29 bits per heavy atom. The summed E-state index contributed by atoms with van der Waals surface area (Å²) in [6, 6.07) is 6.70. The minimum Gasteiger partial charge on any atom is -0.481 e. The molecule has 0 aliphatic rings. The number of carboxylic acid groups (broad SMARTS) is 1. The maximum Gasteiger partial charge on any atom is 0.316 e. The van der Waals surface area contributed by atoms with E-state index in [2.05, 4.69) is 5.32 Å². The summed E-state index contributed by atoms with van der Waals surface area (Å²) >= 11 is 1.57. The number of carbonyl (C=O) groups is 2. The zero-order valence-corrected chi connectivity index (χ0v) is 13.3. The summed E-state index contributed by atoms with van der Waals surface area (Å²) < 4.78 is 0. The first kappa shape index (κ1) is 17.4. The van der Waals surface area contributed by atoms with Gasteiger partial charge in [0.1, 0.15) is 0 Å². The maximum atomic E-state index is 11.4. The highest BCUT2D eigenvalue weighted by Gasteiger charge is 2.30. The standard InChI is InChI=1S/C15H22N2O3S/c1-9(2)13(14(18)19)12(21-3)8-10-4-6-11(7-5-10)17-15(16)20/h4-7,9,12-13H,8H2,1-3H3,(H,18,19)(H3,16,17,20). The predicted octanol–water partition coefficient (Wildman–Crippen LogP) is 2.81. The van der Waals surface area contributed by atoms with E-state index in [1.807, 2.05) is 32.2 Å². The Morgan fingerprint density at radius 3 is 2.24 bits per heavy atom. The average Bonchev–Trinajstić information content (AvgIpc) is 2.38. The first-order valence-corrected chi connectivity index (χ1v) is 8.05. The van der Waals surface area contributed by atoms with Gasteiger partial charge in [0.25, 0.3) is 0 Å². The van der Waals surface area contributed by atoms with Crippen molar-refractivity contribution >= 4 is 29.4 Å². The number of rotatable bonds is 7. The van der Waals surface area contributed by atoms with Crippen molar-refractivity contribution in [3.63, 3.8) is 0 Å². The smallest absolute Gasteiger partial charge is 0.316 e. The molecule has 5 nitrogen and oxygen atoms in total. The third-order valence-corrected chi connectivity index (χ3v) is 4.43. The number of thioether (sulfide) groups is 1. The molecule has 0 spiro atoms. The van der Waals surface area contributed by atoms with Gasteiger partial charge in [0.15, 0.2) is 0 Å². The number of aliphatic carboxylic acids is 1. The molecule has 1 aromatic carbocycles. The molecule has 0 radical (unpaired) electrons. The SMILES string of the molecule is CSC(Cc1ccc(NC(N)=O)cc1)C(C(=O)O)C(C)C. The average molecular weight is 310 g/mol. The van der Waals surface area contributed by atoms with Gasteiger partial charge < -0.3 is 16.2 Å². The molecule has 0 heterocycles. The van der Waals surface area contributed by atoms with E-state index in [4.69, 9.17) is 5.73 Å². The third kappa shape index (κ3) is 5.30. The number of nitrogens with one attached hydrogen (secondary N) is 1. The van der Waals surface area contributed by atoms with Crippen LogP contribution in [0.4, 0.5) is 10.5 Å². The van der Waals surface area contributed by atoms with Crippen molar-refractivity contribution in [1.82, 2.24) is 0 Å². The Kier molecular flexibility index (Phi) is 6.55. The van der Waals surface area contributed by atoms with Gasteiger partial charge in [-0.3, -0.25) is 4.79 Å². The summed E-state index contributed by atoms with van der Waals surface area (Å²) in [5, 5.41) is 11.9. The van der Waals surface area contributed by atoms with Gasteiger partial charge in [0.2, 0.25) is 0 Å². The van der Waals surface area contributed by atoms with Gasteiger partial charge in [-0.25, -0.2) is 4.79 Å². The number of hydrogen-bond donors (Lipinski definition) is 3. The van der Waals surface area contributed by atoms with E-state index in [1.165, 1.54) is 0 Å². The Morgan fingerprint density at radius 2 is 1.86 bits per heavy atom. The van der Waals surface area contributed by atoms with Crippen LogP contribution in [-0.4, -0.2) is 28.6 Å². The van der Waals surface area contributed by atoms with Gasteiger partial charge in [-0.2, -0.15) is 11.8 Å². The molecule has 21 heavy (non-hydrogen) atoms. The second-order valence-electron chi connectivity index (χ2n) is 5.27. The minimum atomic E-state index is -0.753. The van der Waals surface area contributed by atoms with Gasteiger partial charge in [-0.1, -0.05) is 26.0 Å². The number of amides is 2. The fourth-order valence-corrected chi connectivity index (χ4v) is 3.41. The monoisotopic (exact) mass is 310 g/mol. The molecule has 0 fully saturated rings. The molecule has 0 aliphatic heterocycles. The van der Waals surface area contributed by atoms with Crippen molar-refractivity contribution in [2.45, 2.75) is 25.5 Å². The molecule has 0 bridgehead atoms. The maximum absolute atomic E-state index is 11.4. The van der Waals surface area contributed by atoms with Crippen LogP contribution in [0, 0.1) is 11.8 Å². The van der Waals surface area contributed by atoms with E-state index in [0.29, 0.717) is 12.1 Å². The molecule has 6 heteroatoms. The fraction of sp³-hybridized carbons (Fsp3) is 0.467. The summed E-state index contributed by atoms with van der Waals surface area (Å²) in [6.45, 7) is 3.86. The molecule has 2 unspecified atom stereocenters. The van der Waals surface area contributed by atoms with E-state index in [0.717, 1.165) is 5.56 Å². The normalized spacial score (nSPS) is 13.7. The van der Waals surface area contributed by atoms with Crippen molar-refractivity contribution in [1.29, 1.82) is 0 Å². The zero-order chi connectivity index (χ0) is 16.0. The first-order chi connectivity index (χ1) is 9.85. The Bertz CT molecular complexity index is 488. The molecule has 1 aromatic rings. The molecule has 2 atom stereocenters. The fourth-order valence-electron chi connectivity index (χ4n) is 2.33. The van der Waals surface area contributed by atoms with E-state index in [9.17, 15) is 14.7 Å². The number of primary amides is 1. The number of urea groups is 1. The lowest BCUT2D eigenvalue weighted by Gasteiger charge is -2.25. The molecule has 0 aliphatic carbocycles. The van der Waals surface area contributed by atoms with Crippen LogP contribution in [0.2, 0.25) is 0 Å². The quantitative estimate of drug-likeness (QED) is 0.722. The lowest BCUT2D eigenvalue weighted by Crippen LogP contribution is -2.31. The number of carbonyl (C=O) groups excluding carboxylic acids is 1. The van der Waals surface area contributed by atoms with Crippen molar-refractivity contribution < 1.29 is 14.7 Å². The Hall–Kier alpha value is -1.69. The molecule has 4 N–H and O–H groups in total. The molecule has 116 valence electrons. The zero-order valence-electron chi connectivity index (χ0n) is 12.5. The molecule has 0 saturated carbocycles. The van der Waals surface area contributed by atoms with E-state index >= 15 is 0 Å². The summed E-state index contributed by atoms with van der Waals surface area (Å²) in [4.78, 5) is 22.2. The van der Waals surface area contributed by atoms with E-state index in [-0.39, 0.29) is 17.1 Å². The molecule has 0 aromatic heterocycles. The second kappa shape index (κ2) is 7.93. The van der Waals surface area contributed by atoms with Crippen LogP contribution in [0.15, 0.2) is 24.3 Å². The van der Waals surface area contributed by atoms with Gasteiger partial charge >= 0.3 is 12.0 Å². The lowest BCUT2D eigenvalue weighted by molar-refractivity contribution is -0.143. The third-order valence-electron chi connectivity index (χ3n) is 3.37. The van der Waals surface area contributed by atoms with Gasteiger partial charge in [-0.15, -0.1) is 0 Å². The van der Waals surface area contributed by atoms with Gasteiger partial charge in [0, 0.05) is 10.9 Å². The van der Waals surface area contributed by atoms with Crippen LogP contribution in [0.5, 0.6) is 0 Å². The number of benzene rings is 1. The predicted molar refractivity (Wildman–Crippen MR) is 86.6 cm³/mol. The Labute approximate surface area is 129 Å². The van der Waals surface area contributed by atoms with Crippen LogP contribution in [-0.2, 0) is 11.2 Å². The summed E-state index contributed by atoms with van der Waals surface area (Å²) in [5.74, 6) is -1.06. The summed E-state index contributed by atoms with van der Waals surface area (Å²) in [5.41, 5.74) is 6.72. The molecule has 1 rings (SSSR count). The molecule has 0 saturated heterocycles. The summed E-state index contributed by atoms with van der Waals surface area (Å²) in [7, 11) is 0. The van der Waals surface area contributed by atoms with Crippen LogP contribution in [0.25, 0.3) is 0 Å². The highest BCUT2D eigenvalue weighted by atomic mass is 32.2. The van der Waals surface area contributed by atoms with Crippen LogP contribution in [0.3, 0.4) is 0 Å². The first-order valence-electron chi connectivity index (χ1n) is 6.76. The summed E-state index contributed by atoms with van der Waals surface area (Å²) in [6.07, 6.45) is 2.61. The number of anilines is 1. The number of hydrogen-bond acceptors (Lipinski definition) is 3. The van der Waals surface area contributed by atoms with Crippen molar-refractivity contribution in [3.05, 3.63) is 29.8 Å². The van der Waals surface area contributed by atoms with Crippen molar-refractivity contribution in [2.75, 3.05) is 11.6 Å². The van der Waals surface area contributed by atoms with Crippen molar-refractivity contribution in [2.24, 2.45) is 17.6 Å². The van der Waals surface area contributed by atoms with Gasteiger partial charge in [-0.05, 0) is 36.3 Å². The second-order valence-corrected chi connectivity index (χ2v) is 6.35. The highest BCUT2D eigenvalue weighted by Crippen LogP contribution is 2.28. The van der Waals surface area contributed by atoms with Gasteiger partial charge in [0.05, 0.1) is 5.92 Å². The number of carboxylic acids is 1. The van der Waals surface area contributed by atoms with Crippen molar-refractivity contribution in [3.8, 4) is 0 Å². The highest BCUT2D eigenvalue weighted by molar-refractivity contribution is 7.99. The Balaban J connectivity index is 2.81. The molecular formula is C15H22N2O3S. The molecular weight excluding hydrogens is 288 g/mol. The van der Waals surface area contributed by atoms with Crippen LogP contribution in [0.1, 0.15) is 19.4 Å². The molecule has 2 amide bonds. The van der Waals surface area contributed by atoms with Crippen LogP contribution >= 0.6 is 11.8 Å². The number of nitrogens with two attached hydrogens (primary N) is 1. The lowest BCUT2D eigenvalue weighted by atomic mass is 9.89. The largest absolute Gasteiger partial charge is 0.481 e.